The lowest BCUT2D eigenvalue weighted by Crippen LogP contribution is -2.30. The third-order valence-corrected chi connectivity index (χ3v) is 5.84. The first kappa shape index (κ1) is 18.9. The summed E-state index contributed by atoms with van der Waals surface area (Å²) in [7, 11) is 0. The van der Waals surface area contributed by atoms with Crippen molar-refractivity contribution in [3.8, 4) is 0 Å². The Hall–Kier alpha value is -2.41. The zero-order valence-electron chi connectivity index (χ0n) is 16.3. The summed E-state index contributed by atoms with van der Waals surface area (Å²) in [5.41, 5.74) is 8.84. The van der Waals surface area contributed by atoms with Crippen LogP contribution >= 0.6 is 0 Å². The molecule has 4 rings (SSSR count). The Balaban J connectivity index is 1.46. The number of nitrogens with one attached hydrogen (secondary N) is 1. The van der Waals surface area contributed by atoms with Gasteiger partial charge in [-0.25, -0.2) is 0 Å². The maximum Gasteiger partial charge on any atom is 0.240 e. The minimum atomic E-state index is 0.142. The van der Waals surface area contributed by atoms with Crippen molar-refractivity contribution in [1.29, 1.82) is 0 Å². The second kappa shape index (κ2) is 8.73. The summed E-state index contributed by atoms with van der Waals surface area (Å²) in [4.78, 5) is 19.2. The first-order chi connectivity index (χ1) is 13.7. The van der Waals surface area contributed by atoms with Gasteiger partial charge in [-0.2, -0.15) is 4.98 Å². The van der Waals surface area contributed by atoms with E-state index in [1.54, 1.807) is 0 Å². The molecule has 0 saturated heterocycles. The number of anilines is 2. The number of benzene rings is 1. The Kier molecular flexibility index (Phi) is 5.90. The van der Waals surface area contributed by atoms with Gasteiger partial charge in [0.1, 0.15) is 0 Å². The van der Waals surface area contributed by atoms with Crippen molar-refractivity contribution in [3.63, 3.8) is 0 Å². The lowest BCUT2D eigenvalue weighted by molar-refractivity contribution is -0.117. The van der Waals surface area contributed by atoms with E-state index in [0.29, 0.717) is 30.6 Å². The van der Waals surface area contributed by atoms with Crippen LogP contribution in [-0.2, 0) is 24.3 Å². The summed E-state index contributed by atoms with van der Waals surface area (Å²) in [5.74, 6) is 1.78. The van der Waals surface area contributed by atoms with Gasteiger partial charge in [-0.1, -0.05) is 30.5 Å². The summed E-state index contributed by atoms with van der Waals surface area (Å²) < 4.78 is 5.12. The normalized spacial score (nSPS) is 17.4. The van der Waals surface area contributed by atoms with Crippen molar-refractivity contribution in [2.45, 2.75) is 64.5 Å². The molecular weight excluding hydrogens is 354 g/mol. The molecule has 3 N–H and O–H groups in total. The molecule has 1 saturated carbocycles. The van der Waals surface area contributed by atoms with Gasteiger partial charge in [-0.15, -0.1) is 0 Å². The van der Waals surface area contributed by atoms with Gasteiger partial charge in [0, 0.05) is 24.3 Å². The highest BCUT2D eigenvalue weighted by atomic mass is 16.5. The molecule has 1 aromatic carbocycles. The van der Waals surface area contributed by atoms with E-state index in [9.17, 15) is 4.79 Å². The first-order valence-corrected chi connectivity index (χ1v) is 10.4. The molecule has 28 heavy (non-hydrogen) atoms. The van der Waals surface area contributed by atoms with E-state index < -0.39 is 0 Å². The predicted molar refractivity (Wildman–Crippen MR) is 108 cm³/mol. The highest BCUT2D eigenvalue weighted by Crippen LogP contribution is 2.34. The van der Waals surface area contributed by atoms with Crippen LogP contribution in [0, 0.1) is 5.92 Å². The molecule has 1 amide bonds. The number of carbonyl (C=O) groups excluding carboxylic acids is 1. The van der Waals surface area contributed by atoms with Crippen molar-refractivity contribution < 1.29 is 9.32 Å². The summed E-state index contributed by atoms with van der Waals surface area (Å²) in [6, 6.07) is 6.13. The number of nitrogens with two attached hydrogens (primary N) is 1. The Morgan fingerprint density at radius 1 is 1.25 bits per heavy atom. The molecule has 1 aromatic heterocycles. The van der Waals surface area contributed by atoms with E-state index in [0.717, 1.165) is 30.8 Å². The van der Waals surface area contributed by atoms with Crippen LogP contribution in [0.15, 0.2) is 22.7 Å². The van der Waals surface area contributed by atoms with Crippen LogP contribution in [0.4, 0.5) is 11.4 Å². The average Bonchev–Trinajstić information content (AvgIpc) is 3.17. The second-order valence-electron chi connectivity index (χ2n) is 7.89. The average molecular weight is 383 g/mol. The second-order valence-corrected chi connectivity index (χ2v) is 7.89. The van der Waals surface area contributed by atoms with E-state index in [2.05, 4.69) is 26.4 Å². The van der Waals surface area contributed by atoms with E-state index in [1.165, 1.54) is 37.7 Å². The first-order valence-electron chi connectivity index (χ1n) is 10.4. The number of hydrogen-bond acceptors (Lipinski definition) is 6. The maximum absolute atomic E-state index is 12.6. The van der Waals surface area contributed by atoms with Crippen LogP contribution in [0.5, 0.6) is 0 Å². The molecule has 7 heteroatoms. The zero-order chi connectivity index (χ0) is 19.3. The molecule has 0 unspecified atom stereocenters. The highest BCUT2D eigenvalue weighted by molar-refractivity contribution is 5.92. The van der Waals surface area contributed by atoms with Crippen LogP contribution < -0.4 is 16.0 Å². The number of amides is 1. The van der Waals surface area contributed by atoms with Crippen LogP contribution in [0.2, 0.25) is 0 Å². The van der Waals surface area contributed by atoms with E-state index in [-0.39, 0.29) is 12.5 Å². The van der Waals surface area contributed by atoms with Gasteiger partial charge in [0.15, 0.2) is 5.82 Å². The van der Waals surface area contributed by atoms with Crippen LogP contribution in [0.1, 0.15) is 62.2 Å². The molecule has 2 heterocycles. The number of fused-ring (bicyclic) bond motifs is 1. The van der Waals surface area contributed by atoms with Gasteiger partial charge < -0.3 is 20.5 Å². The molecule has 0 bridgehead atoms. The van der Waals surface area contributed by atoms with Gasteiger partial charge in [-0.3, -0.25) is 4.79 Å². The number of nitrogens with zero attached hydrogens (tertiary/aromatic N) is 3. The standard InChI is InChI=1S/C21H29N5O2/c22-13-21-24-19(25-28-21)14-26-11-5-8-16-17(9-4-10-18(16)26)23-20(27)12-15-6-2-1-3-7-15/h4,9-10,15H,1-3,5-8,11-14,22H2,(H,23,27). The molecule has 1 fully saturated rings. The molecule has 2 aromatic rings. The summed E-state index contributed by atoms with van der Waals surface area (Å²) in [6.45, 7) is 1.76. The maximum atomic E-state index is 12.6. The van der Waals surface area contributed by atoms with Gasteiger partial charge >= 0.3 is 0 Å². The van der Waals surface area contributed by atoms with Gasteiger partial charge in [0.25, 0.3) is 0 Å². The fourth-order valence-electron chi connectivity index (χ4n) is 4.44. The summed E-state index contributed by atoms with van der Waals surface area (Å²) in [5, 5.41) is 7.20. The van der Waals surface area contributed by atoms with Gasteiger partial charge in [0.2, 0.25) is 11.8 Å². The lowest BCUT2D eigenvalue weighted by Gasteiger charge is -2.31. The SMILES string of the molecule is NCc1nc(CN2CCCc3c(NC(=O)CC4CCCCC4)cccc32)no1. The smallest absolute Gasteiger partial charge is 0.240 e. The predicted octanol–water partition coefficient (Wildman–Crippen LogP) is 3.39. The van der Waals surface area contributed by atoms with Crippen LogP contribution in [-0.4, -0.2) is 22.6 Å². The van der Waals surface area contributed by atoms with Crippen LogP contribution in [0.3, 0.4) is 0 Å². The monoisotopic (exact) mass is 383 g/mol. The Bertz CT molecular complexity index is 813. The Labute approximate surface area is 165 Å². The van der Waals surface area contributed by atoms with Crippen molar-refractivity contribution in [3.05, 3.63) is 35.5 Å². The topological polar surface area (TPSA) is 97.3 Å². The minimum absolute atomic E-state index is 0.142. The zero-order valence-corrected chi connectivity index (χ0v) is 16.3. The summed E-state index contributed by atoms with van der Waals surface area (Å²) in [6.07, 6.45) is 8.83. The van der Waals surface area contributed by atoms with E-state index >= 15 is 0 Å². The molecule has 0 atom stereocenters. The van der Waals surface area contributed by atoms with Crippen LogP contribution in [0.25, 0.3) is 0 Å². The highest BCUT2D eigenvalue weighted by Gasteiger charge is 2.23. The largest absolute Gasteiger partial charge is 0.364 e. The molecule has 150 valence electrons. The van der Waals surface area contributed by atoms with Crippen molar-refractivity contribution in [2.24, 2.45) is 11.7 Å². The summed E-state index contributed by atoms with van der Waals surface area (Å²) >= 11 is 0. The molecule has 0 radical (unpaired) electrons. The third kappa shape index (κ3) is 4.35. The minimum Gasteiger partial charge on any atom is -0.364 e. The molecular formula is C21H29N5O2. The Morgan fingerprint density at radius 3 is 2.89 bits per heavy atom. The van der Waals surface area contributed by atoms with Crippen molar-refractivity contribution >= 4 is 17.3 Å². The fourth-order valence-corrected chi connectivity index (χ4v) is 4.44. The number of carbonyl (C=O) groups is 1. The van der Waals surface area contributed by atoms with E-state index in [4.69, 9.17) is 10.3 Å². The lowest BCUT2D eigenvalue weighted by atomic mass is 9.87. The van der Waals surface area contributed by atoms with Gasteiger partial charge in [0.05, 0.1) is 13.1 Å². The third-order valence-electron chi connectivity index (χ3n) is 5.84. The molecule has 2 aliphatic rings. The number of rotatable bonds is 6. The number of aromatic nitrogens is 2. The Morgan fingerprint density at radius 2 is 2.11 bits per heavy atom. The molecule has 0 spiro atoms. The van der Waals surface area contributed by atoms with Gasteiger partial charge in [-0.05, 0) is 49.3 Å². The quantitative estimate of drug-likeness (QED) is 0.793. The van der Waals surface area contributed by atoms with Crippen molar-refractivity contribution in [1.82, 2.24) is 10.1 Å². The number of hydrogen-bond donors (Lipinski definition) is 2. The molecule has 7 nitrogen and oxygen atoms in total. The molecule has 1 aliphatic carbocycles. The van der Waals surface area contributed by atoms with E-state index in [1.807, 2.05) is 12.1 Å². The molecule has 1 aliphatic heterocycles. The van der Waals surface area contributed by atoms with Crippen molar-refractivity contribution in [2.75, 3.05) is 16.8 Å². The fraction of sp³-hybridized carbons (Fsp3) is 0.571.